The molecule has 0 fully saturated rings. The highest BCUT2D eigenvalue weighted by molar-refractivity contribution is 7.99. The van der Waals surface area contributed by atoms with Crippen LogP contribution in [-0.4, -0.2) is 44.4 Å². The van der Waals surface area contributed by atoms with E-state index in [1.165, 1.54) is 17.3 Å². The second-order valence-electron chi connectivity index (χ2n) is 7.86. The lowest BCUT2D eigenvalue weighted by Gasteiger charge is -2.10. The first-order valence-corrected chi connectivity index (χ1v) is 12.5. The number of anilines is 1. The topological polar surface area (TPSA) is 129 Å². The molecular weight excluding hydrogens is 474 g/mol. The summed E-state index contributed by atoms with van der Waals surface area (Å²) in [6.07, 6.45) is 1.22. The Balaban J connectivity index is 1.65. The van der Waals surface area contributed by atoms with Gasteiger partial charge in [-0.1, -0.05) is 42.1 Å². The Kier molecular flexibility index (Phi) is 8.46. The Morgan fingerprint density at radius 2 is 1.88 bits per heavy atom. The molecule has 11 heteroatoms. The molecule has 0 atom stereocenters. The molecule has 0 aliphatic rings. The average molecular weight is 502 g/mol. The second kappa shape index (κ2) is 11.3. The average Bonchev–Trinajstić information content (AvgIpc) is 3.30. The van der Waals surface area contributed by atoms with Crippen LogP contribution in [-0.2, 0) is 29.4 Å². The summed E-state index contributed by atoms with van der Waals surface area (Å²) in [6, 6.07) is 10.1. The predicted molar refractivity (Wildman–Crippen MR) is 132 cm³/mol. The quantitative estimate of drug-likeness (QED) is 0.322. The van der Waals surface area contributed by atoms with Gasteiger partial charge in [-0.05, 0) is 38.3 Å². The number of ether oxygens (including phenoxy) is 1. The third-order valence-corrected chi connectivity index (χ3v) is 7.15. The summed E-state index contributed by atoms with van der Waals surface area (Å²) in [5.74, 6) is -0.763. The van der Waals surface area contributed by atoms with Crippen LogP contribution in [0, 0.1) is 6.92 Å². The number of primary amides is 1. The SMILES string of the molecule is Cc1c(C(N)=O)sc(NC(=O)CSc2nnc(CCc3ccccc3)n2C)c1C(=O)OC(C)C. The first-order valence-electron chi connectivity index (χ1n) is 10.7. The van der Waals surface area contributed by atoms with E-state index in [1.807, 2.05) is 29.8 Å². The molecule has 3 rings (SSSR count). The smallest absolute Gasteiger partial charge is 0.341 e. The molecule has 0 unspecified atom stereocenters. The maximum absolute atomic E-state index is 12.7. The number of hydrogen-bond donors (Lipinski definition) is 2. The highest BCUT2D eigenvalue weighted by Crippen LogP contribution is 2.34. The Hall–Kier alpha value is -3.18. The number of esters is 1. The van der Waals surface area contributed by atoms with Gasteiger partial charge in [0.15, 0.2) is 5.16 Å². The number of nitrogens with one attached hydrogen (secondary N) is 1. The van der Waals surface area contributed by atoms with E-state index < -0.39 is 11.9 Å². The van der Waals surface area contributed by atoms with E-state index in [9.17, 15) is 14.4 Å². The van der Waals surface area contributed by atoms with Crippen molar-refractivity contribution < 1.29 is 19.1 Å². The van der Waals surface area contributed by atoms with Gasteiger partial charge in [0.25, 0.3) is 5.91 Å². The van der Waals surface area contributed by atoms with Gasteiger partial charge in [-0.25, -0.2) is 4.79 Å². The van der Waals surface area contributed by atoms with Gasteiger partial charge >= 0.3 is 5.97 Å². The largest absolute Gasteiger partial charge is 0.459 e. The van der Waals surface area contributed by atoms with Crippen LogP contribution in [0.2, 0.25) is 0 Å². The normalized spacial score (nSPS) is 11.0. The Labute approximate surface area is 206 Å². The minimum Gasteiger partial charge on any atom is -0.459 e. The number of rotatable bonds is 10. The second-order valence-corrected chi connectivity index (χ2v) is 9.82. The van der Waals surface area contributed by atoms with Crippen molar-refractivity contribution in [2.45, 2.75) is 44.9 Å². The fourth-order valence-electron chi connectivity index (χ4n) is 3.24. The van der Waals surface area contributed by atoms with E-state index in [4.69, 9.17) is 10.5 Å². The summed E-state index contributed by atoms with van der Waals surface area (Å²) >= 11 is 2.19. The van der Waals surface area contributed by atoms with Gasteiger partial charge in [-0.3, -0.25) is 9.59 Å². The fourth-order valence-corrected chi connectivity index (χ4v) is 5.03. The monoisotopic (exact) mass is 501 g/mol. The molecule has 0 radical (unpaired) electrons. The van der Waals surface area contributed by atoms with Gasteiger partial charge < -0.3 is 20.4 Å². The lowest BCUT2D eigenvalue weighted by Crippen LogP contribution is -2.18. The number of thiophene rings is 1. The van der Waals surface area contributed by atoms with E-state index in [0.29, 0.717) is 10.7 Å². The number of carbonyl (C=O) groups excluding carboxylic acids is 3. The van der Waals surface area contributed by atoms with Crippen molar-refractivity contribution in [3.05, 3.63) is 57.7 Å². The molecule has 9 nitrogen and oxygen atoms in total. The molecule has 2 aromatic heterocycles. The molecule has 3 N–H and O–H groups in total. The molecule has 0 saturated heterocycles. The van der Waals surface area contributed by atoms with Gasteiger partial charge in [-0.15, -0.1) is 21.5 Å². The van der Waals surface area contributed by atoms with Crippen LogP contribution in [0.15, 0.2) is 35.5 Å². The predicted octanol–water partition coefficient (Wildman–Crippen LogP) is 3.37. The summed E-state index contributed by atoms with van der Waals surface area (Å²) in [6.45, 7) is 5.05. The van der Waals surface area contributed by atoms with Crippen LogP contribution in [0.3, 0.4) is 0 Å². The van der Waals surface area contributed by atoms with E-state index in [1.54, 1.807) is 20.8 Å². The van der Waals surface area contributed by atoms with Crippen LogP contribution in [0.4, 0.5) is 5.00 Å². The van der Waals surface area contributed by atoms with Gasteiger partial charge in [0.05, 0.1) is 22.3 Å². The molecule has 0 aliphatic carbocycles. The minimum atomic E-state index is -0.668. The van der Waals surface area contributed by atoms with Crippen molar-refractivity contribution in [2.24, 2.45) is 12.8 Å². The summed E-state index contributed by atoms with van der Waals surface area (Å²) in [4.78, 5) is 37.2. The molecule has 0 aliphatic heterocycles. The van der Waals surface area contributed by atoms with Gasteiger partial charge in [0.1, 0.15) is 10.8 Å². The molecule has 0 saturated carbocycles. The van der Waals surface area contributed by atoms with Crippen LogP contribution in [0.5, 0.6) is 0 Å². The highest BCUT2D eigenvalue weighted by atomic mass is 32.2. The van der Waals surface area contributed by atoms with E-state index >= 15 is 0 Å². The molecule has 34 heavy (non-hydrogen) atoms. The number of thioether (sulfide) groups is 1. The van der Waals surface area contributed by atoms with Crippen molar-refractivity contribution in [1.29, 1.82) is 0 Å². The summed E-state index contributed by atoms with van der Waals surface area (Å²) in [7, 11) is 1.86. The number of aryl methyl sites for hydroxylation is 2. The van der Waals surface area contributed by atoms with Gasteiger partial charge in [-0.2, -0.15) is 0 Å². The van der Waals surface area contributed by atoms with E-state index in [0.717, 1.165) is 30.0 Å². The van der Waals surface area contributed by atoms with Crippen LogP contribution in [0.25, 0.3) is 0 Å². The lowest BCUT2D eigenvalue weighted by atomic mass is 10.1. The molecule has 3 aromatic rings. The maximum Gasteiger partial charge on any atom is 0.341 e. The van der Waals surface area contributed by atoms with Crippen LogP contribution >= 0.6 is 23.1 Å². The Bertz CT molecular complexity index is 1190. The molecule has 2 amide bonds. The Morgan fingerprint density at radius 3 is 2.53 bits per heavy atom. The Morgan fingerprint density at radius 1 is 1.18 bits per heavy atom. The van der Waals surface area contributed by atoms with E-state index in [-0.39, 0.29) is 33.2 Å². The molecule has 0 bridgehead atoms. The molecular formula is C23H27N5O4S2. The maximum atomic E-state index is 12.7. The summed E-state index contributed by atoms with van der Waals surface area (Å²) in [5.41, 5.74) is 7.18. The van der Waals surface area contributed by atoms with Gasteiger partial charge in [0, 0.05) is 13.5 Å². The zero-order valence-electron chi connectivity index (χ0n) is 19.5. The van der Waals surface area contributed by atoms with E-state index in [2.05, 4.69) is 27.6 Å². The summed E-state index contributed by atoms with van der Waals surface area (Å²) < 4.78 is 7.14. The van der Waals surface area contributed by atoms with Gasteiger partial charge in [0.2, 0.25) is 5.91 Å². The number of carbonyl (C=O) groups is 3. The van der Waals surface area contributed by atoms with Crippen LogP contribution < -0.4 is 11.1 Å². The third-order valence-electron chi connectivity index (χ3n) is 4.91. The zero-order valence-corrected chi connectivity index (χ0v) is 21.1. The van der Waals surface area contributed by atoms with Crippen LogP contribution in [0.1, 0.15) is 50.8 Å². The zero-order chi connectivity index (χ0) is 24.8. The molecule has 1 aromatic carbocycles. The van der Waals surface area contributed by atoms with Crippen molar-refractivity contribution in [3.8, 4) is 0 Å². The fraction of sp³-hybridized carbons (Fsp3) is 0.348. The molecule has 180 valence electrons. The number of hydrogen-bond acceptors (Lipinski definition) is 8. The first kappa shape index (κ1) is 25.4. The number of benzene rings is 1. The summed E-state index contributed by atoms with van der Waals surface area (Å²) in [5, 5.41) is 12.0. The number of aromatic nitrogens is 3. The minimum absolute atomic E-state index is 0.0478. The molecule has 0 spiro atoms. The van der Waals surface area contributed by atoms with Crippen molar-refractivity contribution in [2.75, 3.05) is 11.1 Å². The van der Waals surface area contributed by atoms with Crippen molar-refractivity contribution >= 4 is 45.9 Å². The number of amides is 2. The first-order chi connectivity index (χ1) is 16.2. The van der Waals surface area contributed by atoms with Crippen molar-refractivity contribution in [3.63, 3.8) is 0 Å². The highest BCUT2D eigenvalue weighted by Gasteiger charge is 2.26. The standard InChI is InChI=1S/C23H27N5O4S2/c1-13(2)32-22(31)18-14(3)19(20(24)30)34-21(18)25-17(29)12-33-23-27-26-16(28(23)4)11-10-15-8-6-5-7-9-15/h5-9,13H,10-12H2,1-4H3,(H2,24,30)(H,25,29). The number of nitrogens with two attached hydrogens (primary N) is 1. The lowest BCUT2D eigenvalue weighted by molar-refractivity contribution is -0.113. The third kappa shape index (κ3) is 6.23. The molecule has 2 heterocycles. The number of nitrogens with zero attached hydrogens (tertiary/aromatic N) is 3. The van der Waals surface area contributed by atoms with Crippen molar-refractivity contribution in [1.82, 2.24) is 14.8 Å².